The summed E-state index contributed by atoms with van der Waals surface area (Å²) in [7, 11) is 0. The van der Waals surface area contributed by atoms with Gasteiger partial charge in [-0.05, 0) is 50.7 Å². The Morgan fingerprint density at radius 1 is 1.33 bits per heavy atom. The fraction of sp³-hybridized carbons (Fsp3) is 0.929. The predicted molar refractivity (Wildman–Crippen MR) is 73.3 cm³/mol. The van der Waals surface area contributed by atoms with E-state index in [-0.39, 0.29) is 11.9 Å². The van der Waals surface area contributed by atoms with E-state index in [0.717, 1.165) is 31.5 Å². The lowest BCUT2D eigenvalue weighted by molar-refractivity contribution is -0.123. The highest BCUT2D eigenvalue weighted by molar-refractivity contribution is 5.78. The van der Waals surface area contributed by atoms with Crippen LogP contribution in [0.1, 0.15) is 27.2 Å². The first-order chi connectivity index (χ1) is 8.56. The van der Waals surface area contributed by atoms with E-state index in [0.29, 0.717) is 12.5 Å². The van der Waals surface area contributed by atoms with Crippen molar-refractivity contribution in [1.82, 2.24) is 15.5 Å². The van der Waals surface area contributed by atoms with Gasteiger partial charge in [-0.3, -0.25) is 9.69 Å². The summed E-state index contributed by atoms with van der Waals surface area (Å²) in [6.07, 6.45) is 1.24. The first-order valence-electron chi connectivity index (χ1n) is 7.28. The number of nitrogens with zero attached hydrogens (tertiary/aromatic N) is 1. The zero-order valence-electron chi connectivity index (χ0n) is 11.9. The minimum Gasteiger partial charge on any atom is -0.352 e. The molecular weight excluding hydrogens is 226 g/mol. The number of hydrogen-bond donors (Lipinski definition) is 2. The number of rotatable bonds is 4. The van der Waals surface area contributed by atoms with E-state index in [9.17, 15) is 4.79 Å². The van der Waals surface area contributed by atoms with Crippen molar-refractivity contribution >= 4 is 5.91 Å². The van der Waals surface area contributed by atoms with Crippen molar-refractivity contribution in [2.24, 2.45) is 17.8 Å². The molecule has 3 atom stereocenters. The first-order valence-corrected chi connectivity index (χ1v) is 7.28. The van der Waals surface area contributed by atoms with E-state index in [4.69, 9.17) is 0 Å². The zero-order valence-corrected chi connectivity index (χ0v) is 11.9. The minimum atomic E-state index is 0.181. The molecule has 2 N–H and O–H groups in total. The Labute approximate surface area is 110 Å². The number of nitrogens with one attached hydrogen (secondary N) is 2. The van der Waals surface area contributed by atoms with Crippen molar-refractivity contribution in [2.45, 2.75) is 33.2 Å². The van der Waals surface area contributed by atoms with Gasteiger partial charge in [0.1, 0.15) is 0 Å². The Morgan fingerprint density at radius 3 is 2.78 bits per heavy atom. The summed E-state index contributed by atoms with van der Waals surface area (Å²) in [6, 6.07) is 0.267. The molecule has 0 bridgehead atoms. The molecule has 1 amide bonds. The Hall–Kier alpha value is -0.610. The van der Waals surface area contributed by atoms with E-state index >= 15 is 0 Å². The second kappa shape index (κ2) is 6.02. The molecule has 104 valence electrons. The molecule has 4 heteroatoms. The first kappa shape index (κ1) is 13.8. The third-order valence-corrected chi connectivity index (χ3v) is 4.54. The van der Waals surface area contributed by atoms with Gasteiger partial charge in [0.2, 0.25) is 5.91 Å². The quantitative estimate of drug-likeness (QED) is 0.775. The van der Waals surface area contributed by atoms with Crippen LogP contribution in [-0.4, -0.2) is 49.6 Å². The number of carbonyl (C=O) groups is 1. The van der Waals surface area contributed by atoms with Crippen LogP contribution in [0.15, 0.2) is 0 Å². The lowest BCUT2D eigenvalue weighted by Crippen LogP contribution is -2.47. The standard InChI is InChI=1S/C14H27N3O/c1-10(2)11(3)16-14(18)9-17-5-4-12-6-15-7-13(12)8-17/h10-13,15H,4-9H2,1-3H3,(H,16,18). The maximum Gasteiger partial charge on any atom is 0.234 e. The fourth-order valence-corrected chi connectivity index (χ4v) is 2.92. The molecule has 0 radical (unpaired) electrons. The molecule has 2 rings (SSSR count). The van der Waals surface area contributed by atoms with Crippen molar-refractivity contribution in [3.8, 4) is 0 Å². The average Bonchev–Trinajstić information content (AvgIpc) is 2.75. The predicted octanol–water partition coefficient (Wildman–Crippen LogP) is 0.688. The van der Waals surface area contributed by atoms with Gasteiger partial charge in [-0.15, -0.1) is 0 Å². The average molecular weight is 253 g/mol. The summed E-state index contributed by atoms with van der Waals surface area (Å²) >= 11 is 0. The fourth-order valence-electron chi connectivity index (χ4n) is 2.92. The highest BCUT2D eigenvalue weighted by atomic mass is 16.2. The van der Waals surface area contributed by atoms with Gasteiger partial charge < -0.3 is 10.6 Å². The van der Waals surface area contributed by atoms with Crippen molar-refractivity contribution in [2.75, 3.05) is 32.7 Å². The van der Waals surface area contributed by atoms with Crippen LogP contribution in [0, 0.1) is 17.8 Å². The number of likely N-dealkylation sites (tertiary alicyclic amines) is 1. The van der Waals surface area contributed by atoms with Crippen LogP contribution in [0.5, 0.6) is 0 Å². The maximum absolute atomic E-state index is 11.9. The van der Waals surface area contributed by atoms with Gasteiger partial charge in [0.05, 0.1) is 6.54 Å². The highest BCUT2D eigenvalue weighted by Crippen LogP contribution is 2.26. The summed E-state index contributed by atoms with van der Waals surface area (Å²) < 4.78 is 0. The summed E-state index contributed by atoms with van der Waals surface area (Å²) in [5.74, 6) is 2.28. The summed E-state index contributed by atoms with van der Waals surface area (Å²) in [6.45, 7) is 11.4. The lowest BCUT2D eigenvalue weighted by atomic mass is 9.89. The topological polar surface area (TPSA) is 44.4 Å². The van der Waals surface area contributed by atoms with E-state index in [1.54, 1.807) is 0 Å². The second-order valence-corrected chi connectivity index (χ2v) is 6.30. The number of carbonyl (C=O) groups excluding carboxylic acids is 1. The Bertz CT molecular complexity index is 293. The van der Waals surface area contributed by atoms with Crippen molar-refractivity contribution in [3.63, 3.8) is 0 Å². The van der Waals surface area contributed by atoms with Gasteiger partial charge >= 0.3 is 0 Å². The number of piperidine rings is 1. The molecular formula is C14H27N3O. The number of amides is 1. The minimum absolute atomic E-state index is 0.181. The molecule has 18 heavy (non-hydrogen) atoms. The van der Waals surface area contributed by atoms with Crippen LogP contribution in [0.2, 0.25) is 0 Å². The summed E-state index contributed by atoms with van der Waals surface area (Å²) in [5, 5.41) is 6.55. The molecule has 2 heterocycles. The SMILES string of the molecule is CC(C)C(C)NC(=O)CN1CCC2CNCC2C1. The molecule has 0 aromatic rings. The molecule has 2 aliphatic rings. The number of hydrogen-bond acceptors (Lipinski definition) is 3. The number of fused-ring (bicyclic) bond motifs is 1. The summed E-state index contributed by atoms with van der Waals surface area (Å²) in [5.41, 5.74) is 0. The smallest absolute Gasteiger partial charge is 0.234 e. The Balaban J connectivity index is 1.74. The maximum atomic E-state index is 11.9. The second-order valence-electron chi connectivity index (χ2n) is 6.30. The van der Waals surface area contributed by atoms with Crippen molar-refractivity contribution in [1.29, 1.82) is 0 Å². The van der Waals surface area contributed by atoms with Crippen molar-refractivity contribution < 1.29 is 4.79 Å². The van der Waals surface area contributed by atoms with E-state index in [2.05, 4.69) is 36.3 Å². The largest absolute Gasteiger partial charge is 0.352 e. The molecule has 2 saturated heterocycles. The Kier molecular flexibility index (Phi) is 4.62. The normalized spacial score (nSPS) is 30.2. The third kappa shape index (κ3) is 3.45. The van der Waals surface area contributed by atoms with Gasteiger partial charge in [-0.1, -0.05) is 13.8 Å². The third-order valence-electron chi connectivity index (χ3n) is 4.54. The molecule has 0 aromatic carbocycles. The van der Waals surface area contributed by atoms with Crippen molar-refractivity contribution in [3.05, 3.63) is 0 Å². The molecule has 0 saturated carbocycles. The molecule has 0 spiro atoms. The monoisotopic (exact) mass is 253 g/mol. The molecule has 2 aliphatic heterocycles. The van der Waals surface area contributed by atoms with Crippen LogP contribution in [-0.2, 0) is 4.79 Å². The van der Waals surface area contributed by atoms with Crippen LogP contribution in [0.4, 0.5) is 0 Å². The van der Waals surface area contributed by atoms with Gasteiger partial charge in [-0.25, -0.2) is 0 Å². The molecule has 3 unspecified atom stereocenters. The summed E-state index contributed by atoms with van der Waals surface area (Å²) in [4.78, 5) is 14.3. The molecule has 4 nitrogen and oxygen atoms in total. The van der Waals surface area contributed by atoms with Gasteiger partial charge in [-0.2, -0.15) is 0 Å². The molecule has 0 aromatic heterocycles. The van der Waals surface area contributed by atoms with Gasteiger partial charge in [0.25, 0.3) is 0 Å². The van der Waals surface area contributed by atoms with Crippen LogP contribution >= 0.6 is 0 Å². The highest BCUT2D eigenvalue weighted by Gasteiger charge is 2.33. The lowest BCUT2D eigenvalue weighted by Gasteiger charge is -2.34. The van der Waals surface area contributed by atoms with Crippen LogP contribution < -0.4 is 10.6 Å². The van der Waals surface area contributed by atoms with Crippen LogP contribution in [0.3, 0.4) is 0 Å². The Morgan fingerprint density at radius 2 is 2.06 bits per heavy atom. The van der Waals surface area contributed by atoms with Gasteiger partial charge in [0, 0.05) is 12.6 Å². The molecule has 2 fully saturated rings. The van der Waals surface area contributed by atoms with Crippen LogP contribution in [0.25, 0.3) is 0 Å². The molecule has 0 aliphatic carbocycles. The van der Waals surface area contributed by atoms with E-state index in [1.807, 2.05) is 0 Å². The zero-order chi connectivity index (χ0) is 13.1. The van der Waals surface area contributed by atoms with E-state index in [1.165, 1.54) is 13.0 Å². The van der Waals surface area contributed by atoms with Gasteiger partial charge in [0.15, 0.2) is 0 Å². The van der Waals surface area contributed by atoms with E-state index < -0.39 is 0 Å².